The standard InChI is InChI=1S/C4H8N2/c1-2-3-6-4-5/h2-3H,1,4-5H2. The van der Waals surface area contributed by atoms with Gasteiger partial charge < -0.3 is 5.73 Å². The van der Waals surface area contributed by atoms with Crippen LogP contribution in [0.5, 0.6) is 0 Å². The summed E-state index contributed by atoms with van der Waals surface area (Å²) in [6.07, 6.45) is 3.16. The zero-order chi connectivity index (χ0) is 4.83. The van der Waals surface area contributed by atoms with E-state index in [2.05, 4.69) is 11.6 Å². The average molecular weight is 84.1 g/mol. The topological polar surface area (TPSA) is 38.4 Å². The second-order valence-electron chi connectivity index (χ2n) is 0.750. The van der Waals surface area contributed by atoms with Gasteiger partial charge in [-0.05, 0) is 0 Å². The van der Waals surface area contributed by atoms with Crippen molar-refractivity contribution < 1.29 is 0 Å². The molecule has 0 aromatic carbocycles. The predicted octanol–water partition coefficient (Wildman–Crippen LogP) is 0.159. The second-order valence-corrected chi connectivity index (χ2v) is 0.750. The van der Waals surface area contributed by atoms with E-state index >= 15 is 0 Å². The van der Waals surface area contributed by atoms with Gasteiger partial charge in [0.25, 0.3) is 0 Å². The zero-order valence-electron chi connectivity index (χ0n) is 3.59. The molecule has 0 aliphatic heterocycles. The molecule has 0 fully saturated rings. The molecule has 0 rings (SSSR count). The van der Waals surface area contributed by atoms with Crippen LogP contribution in [0, 0.1) is 0 Å². The highest BCUT2D eigenvalue weighted by Gasteiger charge is 1.53. The van der Waals surface area contributed by atoms with Gasteiger partial charge in [0.2, 0.25) is 0 Å². The van der Waals surface area contributed by atoms with Crippen molar-refractivity contribution >= 4 is 6.21 Å². The first kappa shape index (κ1) is 5.37. The minimum Gasteiger partial charge on any atom is -0.312 e. The molecule has 0 spiro atoms. The molecule has 0 saturated heterocycles. The summed E-state index contributed by atoms with van der Waals surface area (Å²) in [5.41, 5.74) is 4.97. The summed E-state index contributed by atoms with van der Waals surface area (Å²) < 4.78 is 0. The van der Waals surface area contributed by atoms with E-state index in [1.807, 2.05) is 0 Å². The van der Waals surface area contributed by atoms with Crippen molar-refractivity contribution in [2.24, 2.45) is 10.7 Å². The number of allylic oxidation sites excluding steroid dienone is 1. The monoisotopic (exact) mass is 84.1 g/mol. The van der Waals surface area contributed by atoms with Crippen LogP contribution in [0.15, 0.2) is 17.6 Å². The highest BCUT2D eigenvalue weighted by molar-refractivity contribution is 5.69. The number of nitrogens with zero attached hydrogens (tertiary/aromatic N) is 1. The Bertz CT molecular complexity index is 56.6. The lowest BCUT2D eigenvalue weighted by Crippen LogP contribution is -1.92. The molecule has 0 radical (unpaired) electrons. The van der Waals surface area contributed by atoms with Gasteiger partial charge in [0, 0.05) is 6.21 Å². The molecule has 0 aromatic rings. The van der Waals surface area contributed by atoms with E-state index in [0.717, 1.165) is 0 Å². The fourth-order valence-electron chi connectivity index (χ4n) is 0.135. The largest absolute Gasteiger partial charge is 0.312 e. The molecule has 0 bridgehead atoms. The van der Waals surface area contributed by atoms with Crippen LogP contribution in [0.1, 0.15) is 0 Å². The van der Waals surface area contributed by atoms with Gasteiger partial charge in [-0.15, -0.1) is 0 Å². The SMILES string of the molecule is C=CC=NCN. The van der Waals surface area contributed by atoms with Crippen LogP contribution >= 0.6 is 0 Å². The zero-order valence-corrected chi connectivity index (χ0v) is 3.59. The molecule has 2 heteroatoms. The van der Waals surface area contributed by atoms with Crippen molar-refractivity contribution in [1.29, 1.82) is 0 Å². The molecule has 0 aromatic heterocycles. The summed E-state index contributed by atoms with van der Waals surface area (Å²) in [7, 11) is 0. The van der Waals surface area contributed by atoms with E-state index in [9.17, 15) is 0 Å². The average Bonchev–Trinajstić information content (AvgIpc) is 1.61. The fourth-order valence-corrected chi connectivity index (χ4v) is 0.135. The van der Waals surface area contributed by atoms with Gasteiger partial charge in [0.15, 0.2) is 0 Å². The van der Waals surface area contributed by atoms with Gasteiger partial charge in [0.05, 0.1) is 6.67 Å². The molecule has 2 nitrogen and oxygen atoms in total. The molecule has 0 aliphatic rings. The van der Waals surface area contributed by atoms with Gasteiger partial charge in [0.1, 0.15) is 0 Å². The van der Waals surface area contributed by atoms with Crippen molar-refractivity contribution in [3.05, 3.63) is 12.7 Å². The van der Waals surface area contributed by atoms with E-state index in [-0.39, 0.29) is 0 Å². The minimum atomic E-state index is 0.353. The summed E-state index contributed by atoms with van der Waals surface area (Å²) in [5.74, 6) is 0. The van der Waals surface area contributed by atoms with Crippen molar-refractivity contribution in [1.82, 2.24) is 0 Å². The molecule has 0 unspecified atom stereocenters. The molecule has 0 atom stereocenters. The predicted molar refractivity (Wildman–Crippen MR) is 27.7 cm³/mol. The fraction of sp³-hybridized carbons (Fsp3) is 0.250. The third-order valence-corrected chi connectivity index (χ3v) is 0.316. The highest BCUT2D eigenvalue weighted by Crippen LogP contribution is 1.54. The second kappa shape index (κ2) is 4.37. The van der Waals surface area contributed by atoms with E-state index in [0.29, 0.717) is 6.67 Å². The van der Waals surface area contributed by atoms with Gasteiger partial charge in [-0.3, -0.25) is 4.99 Å². The van der Waals surface area contributed by atoms with Crippen LogP contribution in [0.25, 0.3) is 0 Å². The lowest BCUT2D eigenvalue weighted by molar-refractivity contribution is 1.08. The third-order valence-electron chi connectivity index (χ3n) is 0.316. The van der Waals surface area contributed by atoms with Crippen molar-refractivity contribution in [2.75, 3.05) is 6.67 Å². The molecule has 34 valence electrons. The van der Waals surface area contributed by atoms with E-state index in [1.54, 1.807) is 12.3 Å². The highest BCUT2D eigenvalue weighted by atomic mass is 14.8. The lowest BCUT2D eigenvalue weighted by Gasteiger charge is -1.71. The molecule has 6 heavy (non-hydrogen) atoms. The Kier molecular flexibility index (Phi) is 3.91. The summed E-state index contributed by atoms with van der Waals surface area (Å²) in [5, 5.41) is 0. The Morgan fingerprint density at radius 3 is 2.67 bits per heavy atom. The van der Waals surface area contributed by atoms with Crippen LogP contribution in [0.4, 0.5) is 0 Å². The van der Waals surface area contributed by atoms with Gasteiger partial charge in [-0.1, -0.05) is 12.7 Å². The Morgan fingerprint density at radius 1 is 1.83 bits per heavy atom. The summed E-state index contributed by atoms with van der Waals surface area (Å²) >= 11 is 0. The first-order valence-electron chi connectivity index (χ1n) is 1.72. The third kappa shape index (κ3) is 3.37. The lowest BCUT2D eigenvalue weighted by atomic mass is 10.7. The Morgan fingerprint density at radius 2 is 2.50 bits per heavy atom. The number of rotatable bonds is 2. The van der Waals surface area contributed by atoms with Crippen molar-refractivity contribution in [3.8, 4) is 0 Å². The van der Waals surface area contributed by atoms with Crippen LogP contribution in [-0.4, -0.2) is 12.9 Å². The van der Waals surface area contributed by atoms with E-state index in [1.165, 1.54) is 0 Å². The maximum atomic E-state index is 4.97. The Balaban J connectivity index is 2.94. The molecule has 0 heterocycles. The molecular weight excluding hydrogens is 76.1 g/mol. The molecule has 2 N–H and O–H groups in total. The summed E-state index contributed by atoms with van der Waals surface area (Å²) in [4.78, 5) is 3.62. The minimum absolute atomic E-state index is 0.353. The van der Waals surface area contributed by atoms with Crippen molar-refractivity contribution in [2.45, 2.75) is 0 Å². The van der Waals surface area contributed by atoms with Crippen LogP contribution in [-0.2, 0) is 0 Å². The molecule has 0 saturated carbocycles. The number of hydrogen-bond acceptors (Lipinski definition) is 2. The van der Waals surface area contributed by atoms with Crippen LogP contribution < -0.4 is 5.73 Å². The normalized spacial score (nSPS) is 9.50. The maximum absolute atomic E-state index is 4.97. The summed E-state index contributed by atoms with van der Waals surface area (Å²) in [6, 6.07) is 0. The smallest absolute Gasteiger partial charge is 0.0859 e. The van der Waals surface area contributed by atoms with Gasteiger partial charge in [-0.25, -0.2) is 0 Å². The number of hydrogen-bond donors (Lipinski definition) is 1. The summed E-state index contributed by atoms with van der Waals surface area (Å²) in [6.45, 7) is 3.75. The molecular formula is C4H8N2. The molecule has 0 amide bonds. The Labute approximate surface area is 37.4 Å². The number of aliphatic imine (C=N–C) groups is 1. The maximum Gasteiger partial charge on any atom is 0.0859 e. The van der Waals surface area contributed by atoms with E-state index in [4.69, 9.17) is 5.73 Å². The van der Waals surface area contributed by atoms with Gasteiger partial charge >= 0.3 is 0 Å². The molecule has 0 aliphatic carbocycles. The van der Waals surface area contributed by atoms with Crippen LogP contribution in [0.2, 0.25) is 0 Å². The van der Waals surface area contributed by atoms with Crippen LogP contribution in [0.3, 0.4) is 0 Å². The Hall–Kier alpha value is -0.630. The first-order chi connectivity index (χ1) is 2.91. The van der Waals surface area contributed by atoms with E-state index < -0.39 is 0 Å². The van der Waals surface area contributed by atoms with Crippen molar-refractivity contribution in [3.63, 3.8) is 0 Å². The van der Waals surface area contributed by atoms with Gasteiger partial charge in [-0.2, -0.15) is 0 Å². The first-order valence-corrected chi connectivity index (χ1v) is 1.72. The quantitative estimate of drug-likeness (QED) is 0.475. The number of nitrogens with two attached hydrogens (primary N) is 1.